The summed E-state index contributed by atoms with van der Waals surface area (Å²) in [6.07, 6.45) is -50.0. The topological polar surface area (TPSA) is 533 Å². The summed E-state index contributed by atoms with van der Waals surface area (Å²) in [5.41, 5.74) is 0. The fraction of sp³-hybridized carbons (Fsp3) is 0.929. The number of aliphatic hydroxyl groups excluding tert-OH is 17. The lowest BCUT2D eigenvalue weighted by Gasteiger charge is -2.50. The first kappa shape index (κ1) is 62.5. The standard InChI is InChI=1S/C42H71N3O31/c1-10(51)43-19-26(58)33(16(7-49)71-38(19)66-9-18-25(57)35(20(37(65)67-18)44-11(2)52)75-40-30(62)27(59)22(54)13(4-46)69-40)74-42-32(64)29(61)34(17(8-50)72-42)73-39-21(45-12(3)53)36(24(56)15(6-48)68-39)76-41-31(63)28(60)23(55)14(5-47)70-41/h13-42,46-50,54-65H,4-9H2,1-3H3,(H,43,51)(H,44,52)(H,45,53)/t13-,14-,15-,16-,17-,18-,19-,20-,21-,22+,23+,24-,25+,26-,27+,28+,29-,30-,31-,32-,33-,34+,35-,36-,37?,38-,39+,40+,41+,42+/m1/s1. The molecular weight excluding hydrogens is 1040 g/mol. The molecule has 76 heavy (non-hydrogen) atoms. The van der Waals surface area contributed by atoms with Crippen LogP contribution in [0.3, 0.4) is 0 Å². The Labute approximate surface area is 431 Å². The first-order valence-electron chi connectivity index (χ1n) is 24.1. The molecule has 6 rings (SSSR count). The lowest BCUT2D eigenvalue weighted by molar-refractivity contribution is -0.377. The maximum absolute atomic E-state index is 12.5. The number of nitrogens with one attached hydrogen (secondary N) is 3. The van der Waals surface area contributed by atoms with E-state index in [9.17, 15) is 101 Å². The van der Waals surface area contributed by atoms with E-state index in [1.165, 1.54) is 0 Å². The van der Waals surface area contributed by atoms with E-state index < -0.39 is 241 Å². The minimum Gasteiger partial charge on any atom is -0.394 e. The second-order valence-corrected chi connectivity index (χ2v) is 19.0. The third-order valence-electron chi connectivity index (χ3n) is 13.6. The molecule has 20 N–H and O–H groups in total. The van der Waals surface area contributed by atoms with Crippen LogP contribution < -0.4 is 16.0 Å². The number of hydrogen-bond donors (Lipinski definition) is 20. The van der Waals surface area contributed by atoms with Gasteiger partial charge in [0.25, 0.3) is 0 Å². The van der Waals surface area contributed by atoms with Crippen LogP contribution in [-0.4, -0.2) is 328 Å². The molecule has 6 fully saturated rings. The van der Waals surface area contributed by atoms with Crippen molar-refractivity contribution in [2.75, 3.05) is 39.6 Å². The van der Waals surface area contributed by atoms with Crippen LogP contribution in [0, 0.1) is 0 Å². The lowest BCUT2D eigenvalue weighted by Crippen LogP contribution is -2.70. The third-order valence-corrected chi connectivity index (χ3v) is 13.6. The highest BCUT2D eigenvalue weighted by molar-refractivity contribution is 5.74. The summed E-state index contributed by atoms with van der Waals surface area (Å²) in [6.45, 7) is -2.42. The Morgan fingerprint density at radius 2 is 0.684 bits per heavy atom. The van der Waals surface area contributed by atoms with Gasteiger partial charge in [0.05, 0.1) is 39.6 Å². The van der Waals surface area contributed by atoms with Crippen molar-refractivity contribution in [3.8, 4) is 0 Å². The molecule has 6 saturated heterocycles. The number of ether oxygens (including phenoxy) is 11. The number of carbonyl (C=O) groups excluding carboxylic acids is 3. The van der Waals surface area contributed by atoms with Gasteiger partial charge in [0.1, 0.15) is 146 Å². The van der Waals surface area contributed by atoms with E-state index in [2.05, 4.69) is 16.0 Å². The molecule has 34 nitrogen and oxygen atoms in total. The minimum atomic E-state index is -2.20. The number of carbonyl (C=O) groups is 3. The van der Waals surface area contributed by atoms with Gasteiger partial charge in [-0.25, -0.2) is 0 Å². The largest absolute Gasteiger partial charge is 0.394 e. The lowest BCUT2D eigenvalue weighted by atomic mass is 9.94. The van der Waals surface area contributed by atoms with Crippen molar-refractivity contribution in [1.82, 2.24) is 16.0 Å². The fourth-order valence-electron chi connectivity index (χ4n) is 9.62. The van der Waals surface area contributed by atoms with E-state index in [0.29, 0.717) is 0 Å². The number of hydrogen-bond acceptors (Lipinski definition) is 31. The van der Waals surface area contributed by atoms with Crippen LogP contribution >= 0.6 is 0 Å². The van der Waals surface area contributed by atoms with E-state index in [1.807, 2.05) is 0 Å². The van der Waals surface area contributed by atoms with Crippen LogP contribution in [0.25, 0.3) is 0 Å². The molecule has 6 aliphatic heterocycles. The molecule has 440 valence electrons. The van der Waals surface area contributed by atoms with Crippen molar-refractivity contribution in [3.63, 3.8) is 0 Å². The molecule has 0 aliphatic carbocycles. The van der Waals surface area contributed by atoms with Gasteiger partial charge in [-0.3, -0.25) is 14.4 Å². The van der Waals surface area contributed by atoms with Gasteiger partial charge in [-0.05, 0) is 0 Å². The summed E-state index contributed by atoms with van der Waals surface area (Å²) in [7, 11) is 0. The molecule has 30 atom stereocenters. The van der Waals surface area contributed by atoms with E-state index >= 15 is 0 Å². The maximum Gasteiger partial charge on any atom is 0.217 e. The SMILES string of the molecule is CC(=O)N[C@H]1[C@H](OC[C@H]2OC(O)[C@H](NC(C)=O)[C@@H](O[C@@H]3O[C@H](CO)[C@H](O)[C@H](O)[C@H]3O)[C@H]2O)O[C@H](CO)[C@@H](O[C@@H]2O[C@H](CO)[C@H](O[C@@H]3O[C@H](CO)[C@@H](O)[C@H](O[C@@H]4O[C@H](CO)[C@H](O)[C@H](O)[C@H]4O)[C@H]3NC(C)=O)[C@H](O)[C@H]2O)[C@@H]1O. The molecule has 1 unspecified atom stereocenters. The van der Waals surface area contributed by atoms with Crippen molar-refractivity contribution >= 4 is 17.7 Å². The van der Waals surface area contributed by atoms with Gasteiger partial charge in [0.15, 0.2) is 37.7 Å². The predicted octanol–water partition coefficient (Wildman–Crippen LogP) is -13.7. The second-order valence-electron chi connectivity index (χ2n) is 19.0. The molecule has 0 aromatic heterocycles. The zero-order valence-corrected chi connectivity index (χ0v) is 40.9. The van der Waals surface area contributed by atoms with Crippen molar-refractivity contribution in [1.29, 1.82) is 0 Å². The summed E-state index contributed by atoms with van der Waals surface area (Å²) < 4.78 is 62.9. The predicted molar refractivity (Wildman–Crippen MR) is 234 cm³/mol. The monoisotopic (exact) mass is 1110 g/mol. The van der Waals surface area contributed by atoms with Gasteiger partial charge in [0, 0.05) is 20.8 Å². The van der Waals surface area contributed by atoms with Crippen LogP contribution in [-0.2, 0) is 66.5 Å². The van der Waals surface area contributed by atoms with Crippen LogP contribution in [0.5, 0.6) is 0 Å². The molecule has 0 spiro atoms. The number of aliphatic hydroxyl groups is 17. The van der Waals surface area contributed by atoms with Gasteiger partial charge in [-0.1, -0.05) is 0 Å². The van der Waals surface area contributed by atoms with Gasteiger partial charge < -0.3 is 155 Å². The summed E-state index contributed by atoms with van der Waals surface area (Å²) in [5, 5.41) is 189. The van der Waals surface area contributed by atoms with Gasteiger partial charge >= 0.3 is 0 Å². The first-order chi connectivity index (χ1) is 35.9. The Morgan fingerprint density at radius 1 is 0.342 bits per heavy atom. The molecule has 0 bridgehead atoms. The van der Waals surface area contributed by atoms with E-state index in [1.54, 1.807) is 0 Å². The zero-order valence-electron chi connectivity index (χ0n) is 40.9. The Hall–Kier alpha value is -2.71. The molecule has 6 heterocycles. The average Bonchev–Trinajstić information content (AvgIpc) is 3.38. The quantitative estimate of drug-likeness (QED) is 0.0571. The van der Waals surface area contributed by atoms with E-state index in [-0.39, 0.29) is 0 Å². The maximum atomic E-state index is 12.5. The molecule has 0 aromatic carbocycles. The average molecular weight is 1110 g/mol. The van der Waals surface area contributed by atoms with E-state index in [4.69, 9.17) is 52.1 Å². The Kier molecular flexibility index (Phi) is 22.3. The smallest absolute Gasteiger partial charge is 0.217 e. The number of rotatable bonds is 19. The summed E-state index contributed by atoms with van der Waals surface area (Å²) in [5.74, 6) is -2.37. The Balaban J connectivity index is 1.16. The highest BCUT2D eigenvalue weighted by atomic mass is 16.8. The Bertz CT molecular complexity index is 1860. The van der Waals surface area contributed by atoms with Gasteiger partial charge in [-0.2, -0.15) is 0 Å². The number of amides is 3. The molecular formula is C42H71N3O31. The molecule has 0 aromatic rings. The normalized spacial score (nSPS) is 48.2. The molecule has 3 amide bonds. The first-order valence-corrected chi connectivity index (χ1v) is 24.1. The highest BCUT2D eigenvalue weighted by Crippen LogP contribution is 2.36. The van der Waals surface area contributed by atoms with Crippen molar-refractivity contribution in [2.24, 2.45) is 0 Å². The Morgan fingerprint density at radius 3 is 1.16 bits per heavy atom. The summed E-state index contributed by atoms with van der Waals surface area (Å²) in [4.78, 5) is 37.2. The van der Waals surface area contributed by atoms with Crippen LogP contribution in [0.1, 0.15) is 20.8 Å². The van der Waals surface area contributed by atoms with Crippen LogP contribution in [0.15, 0.2) is 0 Å². The summed E-state index contributed by atoms with van der Waals surface area (Å²) in [6, 6.07) is -4.93. The second kappa shape index (κ2) is 27.2. The third kappa shape index (κ3) is 13.7. The van der Waals surface area contributed by atoms with Crippen LogP contribution in [0.4, 0.5) is 0 Å². The zero-order chi connectivity index (χ0) is 56.2. The molecule has 0 saturated carbocycles. The van der Waals surface area contributed by atoms with Crippen molar-refractivity contribution in [2.45, 2.75) is 205 Å². The van der Waals surface area contributed by atoms with E-state index in [0.717, 1.165) is 20.8 Å². The van der Waals surface area contributed by atoms with Gasteiger partial charge in [-0.15, -0.1) is 0 Å². The van der Waals surface area contributed by atoms with Crippen LogP contribution in [0.2, 0.25) is 0 Å². The van der Waals surface area contributed by atoms with Crippen molar-refractivity contribution < 1.29 is 153 Å². The molecule has 34 heteroatoms. The molecule has 0 radical (unpaired) electrons. The minimum absolute atomic E-state index is 0.754. The van der Waals surface area contributed by atoms with Gasteiger partial charge in [0.2, 0.25) is 17.7 Å². The van der Waals surface area contributed by atoms with Crippen molar-refractivity contribution in [3.05, 3.63) is 0 Å². The fourth-order valence-corrected chi connectivity index (χ4v) is 9.62. The summed E-state index contributed by atoms with van der Waals surface area (Å²) >= 11 is 0. The molecule has 6 aliphatic rings. The highest BCUT2D eigenvalue weighted by Gasteiger charge is 2.57.